The number of amides is 1. The Morgan fingerprint density at radius 3 is 2.86 bits per heavy atom. The second-order valence-electron chi connectivity index (χ2n) is 4.43. The highest BCUT2D eigenvalue weighted by Gasteiger charge is 2.10. The fourth-order valence-electron chi connectivity index (χ4n) is 2.06. The van der Waals surface area contributed by atoms with E-state index in [2.05, 4.69) is 15.3 Å². The molecule has 0 bridgehead atoms. The number of anilines is 2. The highest BCUT2D eigenvalue weighted by Crippen LogP contribution is 2.22. The Hall–Kier alpha value is -2.66. The number of nitrogens with zero attached hydrogens (tertiary/aromatic N) is 2. The normalized spacial score (nSPS) is 10.5. The third-order valence-corrected chi connectivity index (χ3v) is 3.16. The number of fused-ring (bicyclic) bond motifs is 1. The summed E-state index contributed by atoms with van der Waals surface area (Å²) in [6.07, 6.45) is 1.71. The second-order valence-corrected chi connectivity index (χ2v) is 4.82. The molecule has 3 rings (SSSR count). The molecule has 104 valence electrons. The molecule has 0 aliphatic rings. The zero-order valence-electron chi connectivity index (χ0n) is 10.9. The lowest BCUT2D eigenvalue weighted by atomic mass is 10.1. The van der Waals surface area contributed by atoms with Crippen LogP contribution in [-0.2, 0) is 0 Å². The minimum atomic E-state index is -0.303. The van der Waals surface area contributed by atoms with E-state index in [4.69, 9.17) is 17.3 Å². The number of carbonyl (C=O) groups excluding carboxylic acids is 1. The number of halogens is 1. The second kappa shape index (κ2) is 5.38. The predicted molar refractivity (Wildman–Crippen MR) is 83.4 cm³/mol. The number of nitrogen functional groups attached to an aromatic ring is 1. The first kappa shape index (κ1) is 13.3. The summed E-state index contributed by atoms with van der Waals surface area (Å²) in [5, 5.41) is 3.88. The van der Waals surface area contributed by atoms with E-state index >= 15 is 0 Å². The molecule has 5 nitrogen and oxygen atoms in total. The smallest absolute Gasteiger partial charge is 0.255 e. The lowest BCUT2D eigenvalue weighted by Gasteiger charge is -2.08. The molecule has 0 unspecified atom stereocenters. The molecule has 0 aliphatic heterocycles. The molecule has 21 heavy (non-hydrogen) atoms. The lowest BCUT2D eigenvalue weighted by molar-refractivity contribution is 0.102. The molecule has 2 heterocycles. The van der Waals surface area contributed by atoms with Gasteiger partial charge in [0.1, 0.15) is 11.0 Å². The van der Waals surface area contributed by atoms with Gasteiger partial charge in [-0.15, -0.1) is 0 Å². The van der Waals surface area contributed by atoms with Gasteiger partial charge in [-0.3, -0.25) is 9.78 Å². The van der Waals surface area contributed by atoms with Crippen LogP contribution in [0.2, 0.25) is 5.15 Å². The number of rotatable bonds is 2. The van der Waals surface area contributed by atoms with E-state index < -0.39 is 0 Å². The summed E-state index contributed by atoms with van der Waals surface area (Å²) in [6, 6.07) is 12.2. The SMILES string of the molecule is Nc1cc(C(=O)Nc2cccc3ncccc23)cc(Cl)n1. The number of aromatic nitrogens is 2. The van der Waals surface area contributed by atoms with E-state index in [0.29, 0.717) is 11.3 Å². The molecule has 3 aromatic rings. The maximum absolute atomic E-state index is 12.3. The van der Waals surface area contributed by atoms with Gasteiger partial charge in [-0.1, -0.05) is 17.7 Å². The summed E-state index contributed by atoms with van der Waals surface area (Å²) < 4.78 is 0. The monoisotopic (exact) mass is 298 g/mol. The highest BCUT2D eigenvalue weighted by molar-refractivity contribution is 6.30. The zero-order valence-corrected chi connectivity index (χ0v) is 11.6. The van der Waals surface area contributed by atoms with Crippen LogP contribution in [0.15, 0.2) is 48.7 Å². The van der Waals surface area contributed by atoms with Crippen LogP contribution in [0.1, 0.15) is 10.4 Å². The van der Waals surface area contributed by atoms with Crippen molar-refractivity contribution in [1.82, 2.24) is 9.97 Å². The number of pyridine rings is 2. The van der Waals surface area contributed by atoms with Crippen LogP contribution in [0.5, 0.6) is 0 Å². The minimum absolute atomic E-state index is 0.180. The van der Waals surface area contributed by atoms with E-state index in [0.717, 1.165) is 10.9 Å². The van der Waals surface area contributed by atoms with Crippen molar-refractivity contribution in [1.29, 1.82) is 0 Å². The number of hydrogen-bond donors (Lipinski definition) is 2. The van der Waals surface area contributed by atoms with Gasteiger partial charge in [0.25, 0.3) is 5.91 Å². The van der Waals surface area contributed by atoms with Gasteiger partial charge in [0, 0.05) is 17.1 Å². The van der Waals surface area contributed by atoms with Crippen molar-refractivity contribution in [3.8, 4) is 0 Å². The first-order chi connectivity index (χ1) is 10.1. The van der Waals surface area contributed by atoms with Crippen LogP contribution in [0.4, 0.5) is 11.5 Å². The van der Waals surface area contributed by atoms with Gasteiger partial charge in [-0.2, -0.15) is 0 Å². The van der Waals surface area contributed by atoms with Crippen LogP contribution in [0.3, 0.4) is 0 Å². The molecule has 1 aromatic carbocycles. The Morgan fingerprint density at radius 2 is 2.05 bits per heavy atom. The summed E-state index contributed by atoms with van der Waals surface area (Å²) in [5.74, 6) is -0.102. The van der Waals surface area contributed by atoms with Crippen molar-refractivity contribution in [2.24, 2.45) is 0 Å². The Kier molecular flexibility index (Phi) is 3.41. The summed E-state index contributed by atoms with van der Waals surface area (Å²) >= 11 is 5.81. The summed E-state index contributed by atoms with van der Waals surface area (Å²) in [4.78, 5) is 20.4. The topological polar surface area (TPSA) is 80.9 Å². The predicted octanol–water partition coefficient (Wildman–Crippen LogP) is 3.12. The fraction of sp³-hybridized carbons (Fsp3) is 0. The van der Waals surface area contributed by atoms with Gasteiger partial charge in [-0.25, -0.2) is 4.98 Å². The van der Waals surface area contributed by atoms with Crippen molar-refractivity contribution in [3.05, 3.63) is 59.4 Å². The molecule has 0 saturated heterocycles. The number of nitrogens with two attached hydrogens (primary N) is 1. The van der Waals surface area contributed by atoms with Crippen molar-refractivity contribution >= 4 is 39.9 Å². The molecule has 0 fully saturated rings. The van der Waals surface area contributed by atoms with E-state index in [9.17, 15) is 4.79 Å². The maximum Gasteiger partial charge on any atom is 0.255 e. The van der Waals surface area contributed by atoms with Gasteiger partial charge in [-0.05, 0) is 36.4 Å². The first-order valence-electron chi connectivity index (χ1n) is 6.21. The van der Waals surface area contributed by atoms with E-state index in [-0.39, 0.29) is 16.9 Å². The Balaban J connectivity index is 1.96. The van der Waals surface area contributed by atoms with Gasteiger partial charge in [0.05, 0.1) is 11.2 Å². The van der Waals surface area contributed by atoms with Gasteiger partial charge >= 0.3 is 0 Å². The molecule has 0 aliphatic carbocycles. The number of carbonyl (C=O) groups is 1. The Bertz CT molecular complexity index is 809. The summed E-state index contributed by atoms with van der Waals surface area (Å²) in [6.45, 7) is 0. The van der Waals surface area contributed by atoms with Crippen LogP contribution in [0, 0.1) is 0 Å². The molecule has 0 saturated carbocycles. The largest absolute Gasteiger partial charge is 0.384 e. The average molecular weight is 299 g/mol. The molecule has 0 spiro atoms. The van der Waals surface area contributed by atoms with Crippen LogP contribution in [-0.4, -0.2) is 15.9 Å². The summed E-state index contributed by atoms with van der Waals surface area (Å²) in [7, 11) is 0. The van der Waals surface area contributed by atoms with Gasteiger partial charge in [0.15, 0.2) is 0 Å². The first-order valence-corrected chi connectivity index (χ1v) is 6.59. The zero-order chi connectivity index (χ0) is 14.8. The number of benzene rings is 1. The average Bonchev–Trinajstić information content (AvgIpc) is 2.46. The number of nitrogens with one attached hydrogen (secondary N) is 1. The molecule has 0 atom stereocenters. The Labute approximate surface area is 125 Å². The number of hydrogen-bond acceptors (Lipinski definition) is 4. The van der Waals surface area contributed by atoms with Crippen molar-refractivity contribution in [3.63, 3.8) is 0 Å². The summed E-state index contributed by atoms with van der Waals surface area (Å²) in [5.41, 5.74) is 7.44. The van der Waals surface area contributed by atoms with E-state index in [1.807, 2.05) is 30.3 Å². The fourth-order valence-corrected chi connectivity index (χ4v) is 2.27. The van der Waals surface area contributed by atoms with E-state index in [1.165, 1.54) is 12.1 Å². The molecular weight excluding hydrogens is 288 g/mol. The van der Waals surface area contributed by atoms with Crippen LogP contribution < -0.4 is 11.1 Å². The quantitative estimate of drug-likeness (QED) is 0.712. The third kappa shape index (κ3) is 2.78. The van der Waals surface area contributed by atoms with Crippen molar-refractivity contribution < 1.29 is 4.79 Å². The van der Waals surface area contributed by atoms with Crippen molar-refractivity contribution in [2.75, 3.05) is 11.1 Å². The maximum atomic E-state index is 12.3. The molecule has 1 amide bonds. The van der Waals surface area contributed by atoms with Gasteiger partial charge < -0.3 is 11.1 Å². The van der Waals surface area contributed by atoms with Crippen LogP contribution >= 0.6 is 11.6 Å². The minimum Gasteiger partial charge on any atom is -0.384 e. The van der Waals surface area contributed by atoms with E-state index in [1.54, 1.807) is 6.20 Å². The molecule has 6 heteroatoms. The molecular formula is C15H11ClN4O. The highest BCUT2D eigenvalue weighted by atomic mass is 35.5. The van der Waals surface area contributed by atoms with Crippen molar-refractivity contribution in [2.45, 2.75) is 0 Å². The molecule has 2 aromatic heterocycles. The lowest BCUT2D eigenvalue weighted by Crippen LogP contribution is -2.13. The standard InChI is InChI=1S/C15H11ClN4O/c16-13-7-9(8-14(17)20-13)15(21)19-12-5-1-4-11-10(12)3-2-6-18-11/h1-8H,(H2,17,20)(H,19,21). The third-order valence-electron chi connectivity index (χ3n) is 2.97. The molecule has 3 N–H and O–H groups in total. The van der Waals surface area contributed by atoms with Crippen LogP contribution in [0.25, 0.3) is 10.9 Å². The Morgan fingerprint density at radius 1 is 1.19 bits per heavy atom. The van der Waals surface area contributed by atoms with Gasteiger partial charge in [0.2, 0.25) is 0 Å². The molecule has 0 radical (unpaired) electrons.